The van der Waals surface area contributed by atoms with Gasteiger partial charge in [-0.3, -0.25) is 4.68 Å². The third kappa shape index (κ3) is 2.30. The van der Waals surface area contributed by atoms with Crippen LogP contribution < -0.4 is 5.32 Å². The first-order chi connectivity index (χ1) is 8.70. The maximum atomic E-state index is 5.94. The Morgan fingerprint density at radius 1 is 1.44 bits per heavy atom. The number of hydrogen-bond acceptors (Lipinski definition) is 5. The molecule has 0 amide bonds. The highest BCUT2D eigenvalue weighted by atomic mass is 35.5. The quantitative estimate of drug-likeness (QED) is 0.801. The molecule has 0 saturated heterocycles. The van der Waals surface area contributed by atoms with Crippen molar-refractivity contribution in [3.8, 4) is 0 Å². The van der Waals surface area contributed by atoms with Crippen LogP contribution >= 0.6 is 22.9 Å². The lowest BCUT2D eigenvalue weighted by molar-refractivity contribution is 0.747. The van der Waals surface area contributed by atoms with E-state index in [1.165, 1.54) is 0 Å². The van der Waals surface area contributed by atoms with Crippen LogP contribution in [-0.2, 0) is 13.6 Å². The summed E-state index contributed by atoms with van der Waals surface area (Å²) in [5, 5.41) is 8.97. The number of benzene rings is 1. The van der Waals surface area contributed by atoms with Crippen molar-refractivity contribution in [2.24, 2.45) is 7.05 Å². The predicted octanol–water partition coefficient (Wildman–Crippen LogP) is 2.69. The van der Waals surface area contributed by atoms with E-state index in [0.29, 0.717) is 6.54 Å². The zero-order valence-electron chi connectivity index (χ0n) is 9.59. The SMILES string of the molecule is Cn1cnc(CNc2nc3ccc(Cl)cc3s2)n1. The van der Waals surface area contributed by atoms with Gasteiger partial charge in [0.05, 0.1) is 16.8 Å². The van der Waals surface area contributed by atoms with E-state index in [1.807, 2.05) is 25.2 Å². The number of hydrogen-bond donors (Lipinski definition) is 1. The van der Waals surface area contributed by atoms with Crippen molar-refractivity contribution in [3.05, 3.63) is 35.4 Å². The van der Waals surface area contributed by atoms with Crippen LogP contribution in [0.1, 0.15) is 5.82 Å². The first kappa shape index (κ1) is 11.4. The van der Waals surface area contributed by atoms with Crippen LogP contribution in [0.2, 0.25) is 5.02 Å². The molecule has 0 aliphatic heterocycles. The number of anilines is 1. The molecule has 1 aromatic carbocycles. The van der Waals surface area contributed by atoms with Crippen molar-refractivity contribution in [1.82, 2.24) is 19.7 Å². The molecule has 5 nitrogen and oxygen atoms in total. The lowest BCUT2D eigenvalue weighted by Crippen LogP contribution is -2.01. The van der Waals surface area contributed by atoms with Gasteiger partial charge < -0.3 is 5.32 Å². The van der Waals surface area contributed by atoms with E-state index in [9.17, 15) is 0 Å². The molecule has 3 aromatic rings. The van der Waals surface area contributed by atoms with Crippen molar-refractivity contribution in [1.29, 1.82) is 0 Å². The number of fused-ring (bicyclic) bond motifs is 1. The summed E-state index contributed by atoms with van der Waals surface area (Å²) in [7, 11) is 1.84. The summed E-state index contributed by atoms with van der Waals surface area (Å²) in [6.07, 6.45) is 1.68. The van der Waals surface area contributed by atoms with Gasteiger partial charge in [0.25, 0.3) is 0 Å². The Kier molecular flexibility index (Phi) is 2.89. The van der Waals surface area contributed by atoms with Crippen LogP contribution in [0.15, 0.2) is 24.5 Å². The van der Waals surface area contributed by atoms with Gasteiger partial charge in [-0.2, -0.15) is 5.10 Å². The molecule has 0 radical (unpaired) electrons. The van der Waals surface area contributed by atoms with Crippen molar-refractivity contribution >= 4 is 38.3 Å². The van der Waals surface area contributed by atoms with E-state index in [2.05, 4.69) is 20.4 Å². The largest absolute Gasteiger partial charge is 0.354 e. The van der Waals surface area contributed by atoms with Crippen molar-refractivity contribution in [3.63, 3.8) is 0 Å². The minimum absolute atomic E-state index is 0.564. The van der Waals surface area contributed by atoms with Gasteiger partial charge in [0.15, 0.2) is 11.0 Å². The molecular formula is C11H10ClN5S. The fraction of sp³-hybridized carbons (Fsp3) is 0.182. The highest BCUT2D eigenvalue weighted by Crippen LogP contribution is 2.28. The summed E-state index contributed by atoms with van der Waals surface area (Å²) in [6.45, 7) is 0.564. The van der Waals surface area contributed by atoms with Crippen molar-refractivity contribution < 1.29 is 0 Å². The fourth-order valence-corrected chi connectivity index (χ4v) is 2.73. The molecule has 0 unspecified atom stereocenters. The van der Waals surface area contributed by atoms with Crippen molar-refractivity contribution in [2.45, 2.75) is 6.54 Å². The Balaban J connectivity index is 1.78. The van der Waals surface area contributed by atoms with Gasteiger partial charge in [-0.1, -0.05) is 22.9 Å². The molecule has 18 heavy (non-hydrogen) atoms. The lowest BCUT2D eigenvalue weighted by Gasteiger charge is -1.96. The molecule has 0 bridgehead atoms. The number of aryl methyl sites for hydroxylation is 1. The Morgan fingerprint density at radius 3 is 3.11 bits per heavy atom. The summed E-state index contributed by atoms with van der Waals surface area (Å²) in [5.74, 6) is 0.745. The second-order valence-electron chi connectivity index (χ2n) is 3.82. The Morgan fingerprint density at radius 2 is 2.33 bits per heavy atom. The third-order valence-electron chi connectivity index (χ3n) is 2.40. The summed E-state index contributed by atoms with van der Waals surface area (Å²) in [5.41, 5.74) is 0.945. The molecule has 2 aromatic heterocycles. The lowest BCUT2D eigenvalue weighted by atomic mass is 10.3. The number of rotatable bonds is 3. The zero-order valence-corrected chi connectivity index (χ0v) is 11.2. The molecular weight excluding hydrogens is 270 g/mol. The summed E-state index contributed by atoms with van der Waals surface area (Å²) in [4.78, 5) is 8.61. The van der Waals surface area contributed by atoms with E-state index in [0.717, 1.165) is 26.2 Å². The van der Waals surface area contributed by atoms with Crippen LogP contribution in [-0.4, -0.2) is 19.7 Å². The van der Waals surface area contributed by atoms with Crippen LogP contribution in [0.4, 0.5) is 5.13 Å². The third-order valence-corrected chi connectivity index (χ3v) is 3.61. The van der Waals surface area contributed by atoms with Gasteiger partial charge >= 0.3 is 0 Å². The van der Waals surface area contributed by atoms with Crippen molar-refractivity contribution in [2.75, 3.05) is 5.32 Å². The predicted molar refractivity (Wildman–Crippen MR) is 73.0 cm³/mol. The van der Waals surface area contributed by atoms with E-state index >= 15 is 0 Å². The van der Waals surface area contributed by atoms with Gasteiger partial charge in [-0.05, 0) is 18.2 Å². The Labute approximate surface area is 112 Å². The minimum atomic E-state index is 0.564. The van der Waals surface area contributed by atoms with Gasteiger partial charge in [0, 0.05) is 12.1 Å². The fourth-order valence-electron chi connectivity index (χ4n) is 1.59. The van der Waals surface area contributed by atoms with Gasteiger partial charge in [0.2, 0.25) is 0 Å². The van der Waals surface area contributed by atoms with Crippen LogP contribution in [0.25, 0.3) is 10.2 Å². The van der Waals surface area contributed by atoms with E-state index in [1.54, 1.807) is 22.3 Å². The highest BCUT2D eigenvalue weighted by molar-refractivity contribution is 7.22. The average molecular weight is 280 g/mol. The smallest absolute Gasteiger partial charge is 0.184 e. The van der Waals surface area contributed by atoms with E-state index in [4.69, 9.17) is 11.6 Å². The molecule has 0 aliphatic rings. The highest BCUT2D eigenvalue weighted by Gasteiger charge is 2.05. The summed E-state index contributed by atoms with van der Waals surface area (Å²) >= 11 is 7.51. The molecule has 92 valence electrons. The first-order valence-electron chi connectivity index (χ1n) is 5.35. The second kappa shape index (κ2) is 4.55. The maximum Gasteiger partial charge on any atom is 0.184 e. The minimum Gasteiger partial charge on any atom is -0.354 e. The molecule has 3 rings (SSSR count). The molecule has 0 fully saturated rings. The molecule has 0 atom stereocenters. The number of halogens is 1. The van der Waals surface area contributed by atoms with Gasteiger partial charge in [-0.15, -0.1) is 0 Å². The number of nitrogens with one attached hydrogen (secondary N) is 1. The summed E-state index contributed by atoms with van der Waals surface area (Å²) < 4.78 is 2.74. The summed E-state index contributed by atoms with van der Waals surface area (Å²) in [6, 6.07) is 5.67. The number of aromatic nitrogens is 4. The molecule has 1 N–H and O–H groups in total. The van der Waals surface area contributed by atoms with Crippen LogP contribution in [0.3, 0.4) is 0 Å². The number of thiazole rings is 1. The number of nitrogens with zero attached hydrogens (tertiary/aromatic N) is 4. The standard InChI is InChI=1S/C11H10ClN5S/c1-17-6-14-10(16-17)5-13-11-15-8-3-2-7(12)4-9(8)18-11/h2-4,6H,5H2,1H3,(H,13,15). The monoisotopic (exact) mass is 279 g/mol. The zero-order chi connectivity index (χ0) is 12.5. The molecule has 2 heterocycles. The topological polar surface area (TPSA) is 55.6 Å². The Bertz CT molecular complexity index is 690. The van der Waals surface area contributed by atoms with Gasteiger partial charge in [0.1, 0.15) is 6.33 Å². The average Bonchev–Trinajstić information content (AvgIpc) is 2.92. The first-order valence-corrected chi connectivity index (χ1v) is 6.54. The van der Waals surface area contributed by atoms with Crippen LogP contribution in [0.5, 0.6) is 0 Å². The van der Waals surface area contributed by atoms with E-state index < -0.39 is 0 Å². The molecule has 0 spiro atoms. The Hall–Kier alpha value is -1.66. The van der Waals surface area contributed by atoms with E-state index in [-0.39, 0.29) is 0 Å². The second-order valence-corrected chi connectivity index (χ2v) is 5.29. The molecule has 0 saturated carbocycles. The maximum absolute atomic E-state index is 5.94. The molecule has 0 aliphatic carbocycles. The van der Waals surface area contributed by atoms with Gasteiger partial charge in [-0.25, -0.2) is 9.97 Å². The molecule has 7 heteroatoms. The van der Waals surface area contributed by atoms with Crippen LogP contribution in [0, 0.1) is 0 Å². The normalized spacial score (nSPS) is 11.0.